The van der Waals surface area contributed by atoms with Gasteiger partial charge in [0.25, 0.3) is 5.91 Å². The van der Waals surface area contributed by atoms with Gasteiger partial charge in [0.15, 0.2) is 0 Å². The van der Waals surface area contributed by atoms with Gasteiger partial charge in [0, 0.05) is 16.1 Å². The predicted octanol–water partition coefficient (Wildman–Crippen LogP) is 4.26. The highest BCUT2D eigenvalue weighted by atomic mass is 32.1. The molecule has 3 rings (SSSR count). The van der Waals surface area contributed by atoms with Crippen LogP contribution in [0.2, 0.25) is 0 Å². The first-order valence-corrected chi connectivity index (χ1v) is 6.61. The summed E-state index contributed by atoms with van der Waals surface area (Å²) in [4.78, 5) is 12.7. The standard InChI is InChI=1S/C14H8F3NOS/c15-14(16,17)8-3-4-10-11(7-9-2-1-5-20-9)13(19)18-12(10)6-8/h1-7H,(H,18,19)/b11-7-. The molecule has 6 heteroatoms. The topological polar surface area (TPSA) is 29.1 Å². The second-order valence-electron chi connectivity index (χ2n) is 4.29. The molecule has 2 heterocycles. The van der Waals surface area contributed by atoms with Crippen molar-refractivity contribution >= 4 is 34.6 Å². The number of thiophene rings is 1. The summed E-state index contributed by atoms with van der Waals surface area (Å²) in [5.74, 6) is -0.382. The highest BCUT2D eigenvalue weighted by Crippen LogP contribution is 2.38. The van der Waals surface area contributed by atoms with E-state index in [9.17, 15) is 18.0 Å². The molecule has 1 aromatic carbocycles. The second kappa shape index (κ2) is 4.49. The SMILES string of the molecule is O=C1Nc2cc(C(F)(F)F)ccc2/C1=C/c1cccs1. The number of alkyl halides is 3. The minimum absolute atomic E-state index is 0.202. The summed E-state index contributed by atoms with van der Waals surface area (Å²) >= 11 is 1.46. The third kappa shape index (κ3) is 2.22. The molecule has 2 aromatic rings. The van der Waals surface area contributed by atoms with Gasteiger partial charge in [-0.15, -0.1) is 11.3 Å². The molecule has 0 saturated carbocycles. The molecule has 0 bridgehead atoms. The van der Waals surface area contributed by atoms with Crippen LogP contribution in [0.25, 0.3) is 11.6 Å². The van der Waals surface area contributed by atoms with Crippen molar-refractivity contribution in [1.82, 2.24) is 0 Å². The summed E-state index contributed by atoms with van der Waals surface area (Å²) in [6.45, 7) is 0. The molecular formula is C14H8F3NOS. The number of rotatable bonds is 1. The normalized spacial score (nSPS) is 16.4. The number of benzene rings is 1. The molecule has 0 unspecified atom stereocenters. The fraction of sp³-hybridized carbons (Fsp3) is 0.0714. The van der Waals surface area contributed by atoms with Crippen LogP contribution in [0.3, 0.4) is 0 Å². The van der Waals surface area contributed by atoms with Crippen LogP contribution in [-0.4, -0.2) is 5.91 Å². The quantitative estimate of drug-likeness (QED) is 0.783. The van der Waals surface area contributed by atoms with Crippen molar-refractivity contribution in [3.8, 4) is 0 Å². The lowest BCUT2D eigenvalue weighted by Gasteiger charge is -2.07. The molecule has 2 nitrogen and oxygen atoms in total. The number of hydrogen-bond donors (Lipinski definition) is 1. The number of anilines is 1. The lowest BCUT2D eigenvalue weighted by Crippen LogP contribution is -2.06. The maximum Gasteiger partial charge on any atom is 0.416 e. The minimum Gasteiger partial charge on any atom is -0.321 e. The Kier molecular flexibility index (Phi) is 2.90. The van der Waals surface area contributed by atoms with E-state index in [0.29, 0.717) is 11.1 Å². The molecule has 102 valence electrons. The Morgan fingerprint density at radius 2 is 2.00 bits per heavy atom. The Labute approximate surface area is 116 Å². The number of amides is 1. The van der Waals surface area contributed by atoms with Crippen LogP contribution >= 0.6 is 11.3 Å². The van der Waals surface area contributed by atoms with E-state index in [1.807, 2.05) is 17.5 Å². The smallest absolute Gasteiger partial charge is 0.321 e. The molecule has 20 heavy (non-hydrogen) atoms. The van der Waals surface area contributed by atoms with Gasteiger partial charge in [0.1, 0.15) is 0 Å². The summed E-state index contributed by atoms with van der Waals surface area (Å²) in [7, 11) is 0. The third-order valence-corrected chi connectivity index (χ3v) is 3.78. The maximum absolute atomic E-state index is 12.6. The summed E-state index contributed by atoms with van der Waals surface area (Å²) in [5, 5.41) is 4.34. The largest absolute Gasteiger partial charge is 0.416 e. The van der Waals surface area contributed by atoms with E-state index in [-0.39, 0.29) is 11.6 Å². The molecule has 1 aliphatic heterocycles. The molecule has 1 amide bonds. The average Bonchev–Trinajstić information content (AvgIpc) is 2.97. The van der Waals surface area contributed by atoms with Gasteiger partial charge in [-0.1, -0.05) is 12.1 Å². The first kappa shape index (κ1) is 12.9. The monoisotopic (exact) mass is 295 g/mol. The molecule has 0 radical (unpaired) electrons. The Hall–Kier alpha value is -2.08. The lowest BCUT2D eigenvalue weighted by atomic mass is 10.0. The third-order valence-electron chi connectivity index (χ3n) is 2.96. The highest BCUT2D eigenvalue weighted by Gasteiger charge is 2.33. The van der Waals surface area contributed by atoms with Crippen molar-refractivity contribution in [2.24, 2.45) is 0 Å². The second-order valence-corrected chi connectivity index (χ2v) is 5.26. The van der Waals surface area contributed by atoms with Crippen molar-refractivity contribution in [3.05, 3.63) is 51.7 Å². The molecule has 0 atom stereocenters. The first-order chi connectivity index (χ1) is 9.45. The molecule has 1 N–H and O–H groups in total. The van der Waals surface area contributed by atoms with Crippen molar-refractivity contribution < 1.29 is 18.0 Å². The van der Waals surface area contributed by atoms with E-state index in [1.54, 1.807) is 6.08 Å². The van der Waals surface area contributed by atoms with E-state index in [0.717, 1.165) is 17.0 Å². The summed E-state index contributed by atoms with van der Waals surface area (Å²) in [5.41, 5.74) is 0.314. The summed E-state index contributed by atoms with van der Waals surface area (Å²) in [6.07, 6.45) is -2.74. The predicted molar refractivity (Wildman–Crippen MR) is 72.3 cm³/mol. The van der Waals surface area contributed by atoms with Crippen molar-refractivity contribution in [3.63, 3.8) is 0 Å². The van der Waals surface area contributed by atoms with Crippen LogP contribution in [0.1, 0.15) is 16.0 Å². The number of nitrogens with one attached hydrogen (secondary N) is 1. The van der Waals surface area contributed by atoms with E-state index < -0.39 is 11.7 Å². The number of fused-ring (bicyclic) bond motifs is 1. The van der Waals surface area contributed by atoms with Crippen LogP contribution in [0.4, 0.5) is 18.9 Å². The lowest BCUT2D eigenvalue weighted by molar-refractivity contribution is -0.137. The zero-order chi connectivity index (χ0) is 14.3. The minimum atomic E-state index is -4.42. The van der Waals surface area contributed by atoms with E-state index >= 15 is 0 Å². The zero-order valence-corrected chi connectivity index (χ0v) is 10.8. The molecule has 1 aliphatic rings. The number of carbonyl (C=O) groups is 1. The molecule has 0 saturated heterocycles. The maximum atomic E-state index is 12.6. The van der Waals surface area contributed by atoms with Gasteiger partial charge in [-0.3, -0.25) is 4.79 Å². The van der Waals surface area contributed by atoms with E-state index in [4.69, 9.17) is 0 Å². The van der Waals surface area contributed by atoms with Gasteiger partial charge in [-0.2, -0.15) is 13.2 Å². The number of halogens is 3. The summed E-state index contributed by atoms with van der Waals surface area (Å²) < 4.78 is 37.9. The van der Waals surface area contributed by atoms with Crippen LogP contribution in [0.15, 0.2) is 35.7 Å². The molecular weight excluding hydrogens is 287 g/mol. The van der Waals surface area contributed by atoms with E-state index in [2.05, 4.69) is 5.32 Å². The Morgan fingerprint density at radius 1 is 1.20 bits per heavy atom. The molecule has 0 spiro atoms. The van der Waals surface area contributed by atoms with Gasteiger partial charge in [0.05, 0.1) is 11.1 Å². The molecule has 1 aromatic heterocycles. The van der Waals surface area contributed by atoms with Gasteiger partial charge >= 0.3 is 6.18 Å². The average molecular weight is 295 g/mol. The van der Waals surface area contributed by atoms with Gasteiger partial charge in [-0.05, 0) is 29.7 Å². The van der Waals surface area contributed by atoms with Gasteiger partial charge in [0.2, 0.25) is 0 Å². The van der Waals surface area contributed by atoms with Crippen LogP contribution in [0.5, 0.6) is 0 Å². The van der Waals surface area contributed by atoms with Gasteiger partial charge < -0.3 is 5.32 Å². The van der Waals surface area contributed by atoms with Crippen molar-refractivity contribution in [2.45, 2.75) is 6.18 Å². The fourth-order valence-electron chi connectivity index (χ4n) is 2.03. The summed E-state index contributed by atoms with van der Waals surface area (Å²) in [6, 6.07) is 6.96. The molecule has 0 aliphatic carbocycles. The van der Waals surface area contributed by atoms with Crippen LogP contribution in [0, 0.1) is 0 Å². The molecule has 0 fully saturated rings. The number of hydrogen-bond acceptors (Lipinski definition) is 2. The van der Waals surface area contributed by atoms with Crippen molar-refractivity contribution in [2.75, 3.05) is 5.32 Å². The van der Waals surface area contributed by atoms with Crippen molar-refractivity contribution in [1.29, 1.82) is 0 Å². The highest BCUT2D eigenvalue weighted by molar-refractivity contribution is 7.11. The zero-order valence-electron chi connectivity index (χ0n) is 9.99. The Balaban J connectivity index is 2.06. The van der Waals surface area contributed by atoms with Crippen LogP contribution in [-0.2, 0) is 11.0 Å². The van der Waals surface area contributed by atoms with Gasteiger partial charge in [-0.25, -0.2) is 0 Å². The fourth-order valence-corrected chi connectivity index (χ4v) is 2.69. The Morgan fingerprint density at radius 3 is 2.65 bits per heavy atom. The Bertz CT molecular complexity index is 702. The number of carbonyl (C=O) groups excluding carboxylic acids is 1. The van der Waals surface area contributed by atoms with Crippen LogP contribution < -0.4 is 5.32 Å². The van der Waals surface area contributed by atoms with E-state index in [1.165, 1.54) is 17.4 Å². The first-order valence-electron chi connectivity index (χ1n) is 5.73.